The van der Waals surface area contributed by atoms with Crippen LogP contribution in [0, 0.1) is 0 Å². The maximum absolute atomic E-state index is 12.4. The number of fused-ring (bicyclic) bond motifs is 1. The molecule has 1 heterocycles. The van der Waals surface area contributed by atoms with E-state index in [2.05, 4.69) is 5.32 Å². The summed E-state index contributed by atoms with van der Waals surface area (Å²) in [7, 11) is 0. The Hall–Kier alpha value is -3.60. The van der Waals surface area contributed by atoms with Crippen molar-refractivity contribution in [1.29, 1.82) is 0 Å². The topological polar surface area (TPSA) is 64.6 Å². The molecule has 0 aromatic heterocycles. The highest BCUT2D eigenvalue weighted by Gasteiger charge is 2.16. The van der Waals surface area contributed by atoms with Crippen LogP contribution in [0.4, 0.5) is 5.69 Å². The second-order valence-electron chi connectivity index (χ2n) is 6.15. The van der Waals surface area contributed by atoms with Crippen molar-refractivity contribution >= 4 is 17.4 Å². The maximum Gasteiger partial charge on any atom is 0.262 e. The molecule has 0 atom stereocenters. The zero-order valence-electron chi connectivity index (χ0n) is 14.5. The Morgan fingerprint density at radius 3 is 2.48 bits per heavy atom. The Labute approximate surface area is 156 Å². The molecule has 0 spiro atoms. The lowest BCUT2D eigenvalue weighted by Gasteiger charge is -2.18. The monoisotopic (exact) mass is 359 g/mol. The van der Waals surface area contributed by atoms with Crippen LogP contribution >= 0.6 is 0 Å². The summed E-state index contributed by atoms with van der Waals surface area (Å²) < 4.78 is 10.9. The van der Waals surface area contributed by atoms with Crippen LogP contribution in [0.25, 0.3) is 11.1 Å². The molecule has 0 radical (unpaired) electrons. The summed E-state index contributed by atoms with van der Waals surface area (Å²) in [6.07, 6.45) is 0. The van der Waals surface area contributed by atoms with Crippen LogP contribution in [0.2, 0.25) is 0 Å². The molecule has 5 heteroatoms. The Bertz CT molecular complexity index is 981. The molecule has 3 aromatic rings. The molecule has 3 aromatic carbocycles. The fraction of sp³-hybridized carbons (Fsp3) is 0.0909. The third-order valence-corrected chi connectivity index (χ3v) is 4.27. The van der Waals surface area contributed by atoms with E-state index in [1.165, 1.54) is 0 Å². The van der Waals surface area contributed by atoms with Crippen LogP contribution in [0.3, 0.4) is 0 Å². The van der Waals surface area contributed by atoms with Crippen LogP contribution in [-0.2, 0) is 4.79 Å². The highest BCUT2D eigenvalue weighted by atomic mass is 16.5. The van der Waals surface area contributed by atoms with E-state index in [0.717, 1.165) is 11.1 Å². The summed E-state index contributed by atoms with van der Waals surface area (Å²) in [6, 6.07) is 22.5. The lowest BCUT2D eigenvalue weighted by atomic mass is 10.0. The van der Waals surface area contributed by atoms with Crippen molar-refractivity contribution in [2.45, 2.75) is 0 Å². The Balaban J connectivity index is 1.41. The minimum absolute atomic E-state index is 0.00463. The molecule has 5 nitrogen and oxygen atoms in total. The van der Waals surface area contributed by atoms with Gasteiger partial charge in [-0.1, -0.05) is 54.6 Å². The number of nitrogens with one attached hydrogen (secondary N) is 1. The molecule has 1 aliphatic heterocycles. The predicted octanol–water partition coefficient (Wildman–Crippen LogP) is 3.95. The van der Waals surface area contributed by atoms with Gasteiger partial charge in [0, 0.05) is 11.6 Å². The van der Waals surface area contributed by atoms with Gasteiger partial charge >= 0.3 is 0 Å². The van der Waals surface area contributed by atoms with Crippen molar-refractivity contribution in [1.82, 2.24) is 0 Å². The average molecular weight is 359 g/mol. The summed E-state index contributed by atoms with van der Waals surface area (Å²) in [5, 5.41) is 2.71. The van der Waals surface area contributed by atoms with Crippen LogP contribution < -0.4 is 14.8 Å². The largest absolute Gasteiger partial charge is 0.485 e. The van der Waals surface area contributed by atoms with Crippen molar-refractivity contribution in [3.05, 3.63) is 78.4 Å². The number of carbonyl (C=O) groups is 2. The first-order valence-corrected chi connectivity index (χ1v) is 8.57. The van der Waals surface area contributed by atoms with E-state index >= 15 is 0 Å². The van der Waals surface area contributed by atoms with E-state index in [0.29, 0.717) is 22.7 Å². The standard InChI is InChI=1S/C22H17NO4/c24-20(17-8-6-16(7-9-17)15-4-2-1-3-5-15)13-26-18-10-11-21-19(12-18)23-22(25)14-27-21/h1-12H,13-14H2,(H,23,25). The quantitative estimate of drug-likeness (QED) is 0.701. The van der Waals surface area contributed by atoms with Gasteiger partial charge in [0.05, 0.1) is 5.69 Å². The van der Waals surface area contributed by atoms with Crippen molar-refractivity contribution in [3.63, 3.8) is 0 Å². The summed E-state index contributed by atoms with van der Waals surface area (Å²) in [4.78, 5) is 23.8. The fourth-order valence-electron chi connectivity index (χ4n) is 2.86. The smallest absolute Gasteiger partial charge is 0.262 e. The van der Waals surface area contributed by atoms with Crippen LogP contribution in [0.5, 0.6) is 11.5 Å². The van der Waals surface area contributed by atoms with Crippen molar-refractivity contribution in [2.24, 2.45) is 0 Å². The molecule has 0 bridgehead atoms. The number of rotatable bonds is 5. The van der Waals surface area contributed by atoms with Crippen LogP contribution in [-0.4, -0.2) is 24.9 Å². The zero-order chi connectivity index (χ0) is 18.6. The molecular formula is C22H17NO4. The number of benzene rings is 3. The van der Waals surface area contributed by atoms with Gasteiger partial charge in [0.25, 0.3) is 5.91 Å². The summed E-state index contributed by atoms with van der Waals surface area (Å²) in [6.45, 7) is -0.0804. The van der Waals surface area contributed by atoms with Gasteiger partial charge in [-0.15, -0.1) is 0 Å². The Morgan fingerprint density at radius 1 is 0.963 bits per heavy atom. The number of ether oxygens (including phenoxy) is 2. The average Bonchev–Trinajstić information content (AvgIpc) is 2.72. The maximum atomic E-state index is 12.4. The Kier molecular flexibility index (Phi) is 4.58. The minimum atomic E-state index is -0.214. The van der Waals surface area contributed by atoms with Crippen molar-refractivity contribution in [3.8, 4) is 22.6 Å². The number of amides is 1. The van der Waals surface area contributed by atoms with E-state index < -0.39 is 0 Å². The number of hydrogen-bond acceptors (Lipinski definition) is 4. The lowest BCUT2D eigenvalue weighted by Crippen LogP contribution is -2.25. The van der Waals surface area contributed by atoms with Gasteiger partial charge in [-0.2, -0.15) is 0 Å². The van der Waals surface area contributed by atoms with Crippen LogP contribution in [0.15, 0.2) is 72.8 Å². The molecular weight excluding hydrogens is 342 g/mol. The first-order chi connectivity index (χ1) is 13.2. The van der Waals surface area contributed by atoms with Gasteiger partial charge < -0.3 is 14.8 Å². The van der Waals surface area contributed by atoms with Crippen molar-refractivity contribution in [2.75, 3.05) is 18.5 Å². The van der Waals surface area contributed by atoms with E-state index in [1.807, 2.05) is 42.5 Å². The number of hydrogen-bond donors (Lipinski definition) is 1. The second kappa shape index (κ2) is 7.33. The summed E-state index contributed by atoms with van der Waals surface area (Å²) >= 11 is 0. The van der Waals surface area contributed by atoms with Gasteiger partial charge in [0.1, 0.15) is 11.5 Å². The highest BCUT2D eigenvalue weighted by molar-refractivity contribution is 5.98. The van der Waals surface area contributed by atoms with E-state index in [9.17, 15) is 9.59 Å². The third kappa shape index (κ3) is 3.82. The predicted molar refractivity (Wildman–Crippen MR) is 102 cm³/mol. The minimum Gasteiger partial charge on any atom is -0.485 e. The molecule has 27 heavy (non-hydrogen) atoms. The molecule has 0 aliphatic carbocycles. The van der Waals surface area contributed by atoms with E-state index in [4.69, 9.17) is 9.47 Å². The summed E-state index contributed by atoms with van der Waals surface area (Å²) in [5.74, 6) is 0.750. The third-order valence-electron chi connectivity index (χ3n) is 4.27. The van der Waals surface area contributed by atoms with E-state index in [1.54, 1.807) is 30.3 Å². The second-order valence-corrected chi connectivity index (χ2v) is 6.15. The fourth-order valence-corrected chi connectivity index (χ4v) is 2.86. The van der Waals surface area contributed by atoms with Crippen LogP contribution in [0.1, 0.15) is 10.4 Å². The first-order valence-electron chi connectivity index (χ1n) is 8.57. The van der Waals surface area contributed by atoms with Gasteiger partial charge in [-0.25, -0.2) is 0 Å². The number of carbonyl (C=O) groups excluding carboxylic acids is 2. The SMILES string of the molecule is O=C1COc2ccc(OCC(=O)c3ccc(-c4ccccc4)cc3)cc2N1. The molecule has 1 aliphatic rings. The van der Waals surface area contributed by atoms with Gasteiger partial charge in [-0.05, 0) is 23.3 Å². The molecule has 1 N–H and O–H groups in total. The molecule has 0 saturated heterocycles. The van der Waals surface area contributed by atoms with Crippen molar-refractivity contribution < 1.29 is 19.1 Å². The molecule has 0 saturated carbocycles. The zero-order valence-corrected chi connectivity index (χ0v) is 14.5. The molecule has 134 valence electrons. The molecule has 0 fully saturated rings. The highest BCUT2D eigenvalue weighted by Crippen LogP contribution is 2.31. The number of ketones is 1. The lowest BCUT2D eigenvalue weighted by molar-refractivity contribution is -0.118. The van der Waals surface area contributed by atoms with Gasteiger partial charge in [-0.3, -0.25) is 9.59 Å². The molecule has 1 amide bonds. The normalized spacial score (nSPS) is 12.5. The van der Waals surface area contributed by atoms with Gasteiger partial charge in [0.2, 0.25) is 0 Å². The number of anilines is 1. The van der Waals surface area contributed by atoms with E-state index in [-0.39, 0.29) is 24.9 Å². The molecule has 0 unspecified atom stereocenters. The molecule has 4 rings (SSSR count). The first kappa shape index (κ1) is 16.8. The van der Waals surface area contributed by atoms with Gasteiger partial charge in [0.15, 0.2) is 19.0 Å². The summed E-state index contributed by atoms with van der Waals surface area (Å²) in [5.41, 5.74) is 3.29. The Morgan fingerprint density at radius 2 is 1.70 bits per heavy atom. The number of Topliss-reactive ketones (excluding diaryl/α,β-unsaturated/α-hetero) is 1.